The molecule has 0 saturated heterocycles. The molecule has 2 heteroatoms. The van der Waals surface area contributed by atoms with Gasteiger partial charge in [0.1, 0.15) is 16.7 Å². The SMILES string of the molecule is c1ccc2c(-c3c4ccccc4c(-c4c5ccoc5cc5oc6ccccc6c45)c4ccccc34)cccc2c1. The molecule has 0 atom stereocenters. The van der Waals surface area contributed by atoms with E-state index >= 15 is 0 Å². The van der Waals surface area contributed by atoms with E-state index in [-0.39, 0.29) is 0 Å². The smallest absolute Gasteiger partial charge is 0.139 e. The van der Waals surface area contributed by atoms with E-state index in [1.807, 2.05) is 18.2 Å². The first-order valence-corrected chi connectivity index (χ1v) is 13.6. The molecule has 0 amide bonds. The molecule has 186 valence electrons. The van der Waals surface area contributed by atoms with Gasteiger partial charge in [-0.25, -0.2) is 0 Å². The van der Waals surface area contributed by atoms with Gasteiger partial charge in [-0.15, -0.1) is 0 Å². The zero-order valence-electron chi connectivity index (χ0n) is 21.5. The van der Waals surface area contributed by atoms with E-state index in [0.717, 1.165) is 38.5 Å². The van der Waals surface area contributed by atoms with Gasteiger partial charge in [0.15, 0.2) is 0 Å². The molecule has 2 aromatic heterocycles. The van der Waals surface area contributed by atoms with Crippen LogP contribution in [-0.4, -0.2) is 0 Å². The summed E-state index contributed by atoms with van der Waals surface area (Å²) in [6.45, 7) is 0. The molecular formula is C38H22O2. The molecule has 0 radical (unpaired) electrons. The van der Waals surface area contributed by atoms with Gasteiger partial charge in [-0.2, -0.15) is 0 Å². The first kappa shape index (κ1) is 21.6. The zero-order valence-corrected chi connectivity index (χ0v) is 21.5. The van der Waals surface area contributed by atoms with Gasteiger partial charge < -0.3 is 8.83 Å². The largest absolute Gasteiger partial charge is 0.464 e. The second-order valence-corrected chi connectivity index (χ2v) is 10.4. The number of hydrogen-bond acceptors (Lipinski definition) is 2. The van der Waals surface area contributed by atoms with E-state index in [9.17, 15) is 0 Å². The standard InChI is InChI=1S/C38H22O2/c1-2-12-24-23(10-1)11-9-18-25(24)35-26-13-3-5-15-28(26)36(29-16-6-4-14-27(29)35)38-31-20-21-39-33(31)22-34-37(38)30-17-7-8-19-32(30)40-34/h1-22H. The highest BCUT2D eigenvalue weighted by molar-refractivity contribution is 6.30. The molecule has 9 rings (SSSR count). The predicted octanol–water partition coefficient (Wildman–Crippen LogP) is 11.1. The van der Waals surface area contributed by atoms with Crippen LogP contribution in [0.3, 0.4) is 0 Å². The molecule has 0 spiro atoms. The Morgan fingerprint density at radius 1 is 0.375 bits per heavy atom. The number of rotatable bonds is 2. The van der Waals surface area contributed by atoms with Crippen LogP contribution < -0.4 is 0 Å². The summed E-state index contributed by atoms with van der Waals surface area (Å²) in [5.41, 5.74) is 7.42. The summed E-state index contributed by atoms with van der Waals surface area (Å²) in [4.78, 5) is 0. The van der Waals surface area contributed by atoms with Crippen molar-refractivity contribution in [1.82, 2.24) is 0 Å². The van der Waals surface area contributed by atoms with Gasteiger partial charge in [-0.05, 0) is 61.1 Å². The number of benzene rings is 7. The topological polar surface area (TPSA) is 26.3 Å². The van der Waals surface area contributed by atoms with E-state index in [4.69, 9.17) is 8.83 Å². The van der Waals surface area contributed by atoms with Crippen LogP contribution in [0.15, 0.2) is 142 Å². The third kappa shape index (κ3) is 2.88. The molecule has 0 bridgehead atoms. The normalized spacial score (nSPS) is 12.0. The Bertz CT molecular complexity index is 2370. The summed E-state index contributed by atoms with van der Waals surface area (Å²) in [7, 11) is 0. The van der Waals surface area contributed by atoms with E-state index in [2.05, 4.69) is 109 Å². The quantitative estimate of drug-likeness (QED) is 0.216. The van der Waals surface area contributed by atoms with Crippen LogP contribution in [0.1, 0.15) is 0 Å². The molecule has 7 aromatic carbocycles. The minimum absolute atomic E-state index is 0.827. The molecule has 2 nitrogen and oxygen atoms in total. The maximum absolute atomic E-state index is 6.40. The lowest BCUT2D eigenvalue weighted by atomic mass is 9.83. The molecule has 0 saturated carbocycles. The number of para-hydroxylation sites is 1. The Balaban J connectivity index is 1.54. The molecule has 0 aliphatic carbocycles. The number of fused-ring (bicyclic) bond motifs is 7. The Morgan fingerprint density at radius 2 is 0.975 bits per heavy atom. The lowest BCUT2D eigenvalue weighted by molar-refractivity contribution is 0.613. The third-order valence-electron chi connectivity index (χ3n) is 8.34. The van der Waals surface area contributed by atoms with Crippen molar-refractivity contribution in [2.75, 3.05) is 0 Å². The van der Waals surface area contributed by atoms with Crippen LogP contribution in [0.4, 0.5) is 0 Å². The number of hydrogen-bond donors (Lipinski definition) is 0. The van der Waals surface area contributed by atoms with Crippen LogP contribution in [0, 0.1) is 0 Å². The Morgan fingerprint density at radius 3 is 1.73 bits per heavy atom. The first-order chi connectivity index (χ1) is 19.9. The van der Waals surface area contributed by atoms with E-state index < -0.39 is 0 Å². The fourth-order valence-corrected chi connectivity index (χ4v) is 6.71. The highest BCUT2D eigenvalue weighted by Crippen LogP contribution is 2.50. The summed E-state index contributed by atoms with van der Waals surface area (Å²) in [6, 6.07) is 45.4. The fraction of sp³-hybridized carbons (Fsp3) is 0. The van der Waals surface area contributed by atoms with Crippen LogP contribution in [0.5, 0.6) is 0 Å². The van der Waals surface area contributed by atoms with Gasteiger partial charge in [-0.3, -0.25) is 0 Å². The van der Waals surface area contributed by atoms with E-state index in [0.29, 0.717) is 0 Å². The van der Waals surface area contributed by atoms with Crippen molar-refractivity contribution in [3.63, 3.8) is 0 Å². The van der Waals surface area contributed by atoms with Crippen molar-refractivity contribution in [3.05, 3.63) is 134 Å². The highest BCUT2D eigenvalue weighted by Gasteiger charge is 2.23. The summed E-state index contributed by atoms with van der Waals surface area (Å²) < 4.78 is 12.4. The monoisotopic (exact) mass is 510 g/mol. The molecule has 0 aliphatic heterocycles. The Labute approximate surface area is 229 Å². The molecule has 40 heavy (non-hydrogen) atoms. The van der Waals surface area contributed by atoms with Crippen LogP contribution in [-0.2, 0) is 0 Å². The average Bonchev–Trinajstić information content (AvgIpc) is 3.63. The Hall–Kier alpha value is -5.34. The lowest BCUT2D eigenvalue weighted by Gasteiger charge is -2.19. The minimum Gasteiger partial charge on any atom is -0.464 e. The van der Waals surface area contributed by atoms with Gasteiger partial charge in [0.05, 0.1) is 6.26 Å². The second-order valence-electron chi connectivity index (χ2n) is 10.4. The maximum atomic E-state index is 6.40. The number of furan rings is 2. The molecule has 2 heterocycles. The second kappa shape index (κ2) is 8.08. The Kier molecular flexibility index (Phi) is 4.36. The van der Waals surface area contributed by atoms with Crippen LogP contribution in [0.2, 0.25) is 0 Å². The van der Waals surface area contributed by atoms with Crippen LogP contribution in [0.25, 0.3) is 87.5 Å². The maximum Gasteiger partial charge on any atom is 0.139 e. The van der Waals surface area contributed by atoms with Crippen molar-refractivity contribution >= 4 is 65.2 Å². The van der Waals surface area contributed by atoms with E-state index in [1.165, 1.54) is 49.0 Å². The highest BCUT2D eigenvalue weighted by atomic mass is 16.3. The molecule has 0 fully saturated rings. The van der Waals surface area contributed by atoms with Crippen molar-refractivity contribution in [3.8, 4) is 22.3 Å². The lowest BCUT2D eigenvalue weighted by Crippen LogP contribution is -1.92. The third-order valence-corrected chi connectivity index (χ3v) is 8.34. The molecule has 0 N–H and O–H groups in total. The van der Waals surface area contributed by atoms with Gasteiger partial charge in [0.25, 0.3) is 0 Å². The zero-order chi connectivity index (χ0) is 26.2. The summed E-state index contributed by atoms with van der Waals surface area (Å²) in [5.74, 6) is 0. The molecule has 0 aliphatic rings. The fourth-order valence-electron chi connectivity index (χ4n) is 6.71. The average molecular weight is 511 g/mol. The van der Waals surface area contributed by atoms with Crippen molar-refractivity contribution in [2.24, 2.45) is 0 Å². The minimum atomic E-state index is 0.827. The molecule has 9 aromatic rings. The van der Waals surface area contributed by atoms with Crippen molar-refractivity contribution in [1.29, 1.82) is 0 Å². The van der Waals surface area contributed by atoms with E-state index in [1.54, 1.807) is 6.26 Å². The van der Waals surface area contributed by atoms with Gasteiger partial charge in [0, 0.05) is 27.8 Å². The predicted molar refractivity (Wildman–Crippen MR) is 167 cm³/mol. The van der Waals surface area contributed by atoms with Gasteiger partial charge in [0.2, 0.25) is 0 Å². The summed E-state index contributed by atoms with van der Waals surface area (Å²) >= 11 is 0. The van der Waals surface area contributed by atoms with Gasteiger partial charge in [-0.1, -0.05) is 109 Å². The molecular weight excluding hydrogens is 488 g/mol. The molecule has 0 unspecified atom stereocenters. The van der Waals surface area contributed by atoms with Crippen molar-refractivity contribution in [2.45, 2.75) is 0 Å². The summed E-state index contributed by atoms with van der Waals surface area (Å²) in [5, 5.41) is 10.7. The van der Waals surface area contributed by atoms with Crippen molar-refractivity contribution < 1.29 is 8.83 Å². The van der Waals surface area contributed by atoms with Crippen LogP contribution >= 0.6 is 0 Å². The summed E-state index contributed by atoms with van der Waals surface area (Å²) in [6.07, 6.45) is 1.78. The van der Waals surface area contributed by atoms with Gasteiger partial charge >= 0.3 is 0 Å². The first-order valence-electron chi connectivity index (χ1n) is 13.6.